The third-order valence-corrected chi connectivity index (χ3v) is 5.70. The molecule has 0 aliphatic carbocycles. The van der Waals surface area contributed by atoms with Gasteiger partial charge in [-0.05, 0) is 23.6 Å². The second-order valence-corrected chi connectivity index (χ2v) is 7.96. The highest BCUT2D eigenvalue weighted by Gasteiger charge is 2.13. The van der Waals surface area contributed by atoms with Crippen LogP contribution in [0.5, 0.6) is 0 Å². The fraction of sp³-hybridized carbons (Fsp3) is 0.125. The van der Waals surface area contributed by atoms with Crippen LogP contribution in [0.1, 0.15) is 11.5 Å². The second-order valence-electron chi connectivity index (χ2n) is 7.01. The normalized spacial score (nSPS) is 11.0. The zero-order chi connectivity index (χ0) is 22.9. The Morgan fingerprint density at radius 3 is 2.79 bits per heavy atom. The molecule has 2 heterocycles. The van der Waals surface area contributed by atoms with Gasteiger partial charge in [-0.2, -0.15) is 5.10 Å². The molecule has 0 saturated carbocycles. The molecule has 0 bridgehead atoms. The molecule has 2 aromatic carbocycles. The van der Waals surface area contributed by atoms with Gasteiger partial charge in [-0.25, -0.2) is 5.43 Å². The molecule has 33 heavy (non-hydrogen) atoms. The average Bonchev–Trinajstić information content (AvgIpc) is 3.23. The molecule has 2 aromatic heterocycles. The van der Waals surface area contributed by atoms with Crippen molar-refractivity contribution in [3.05, 3.63) is 91.0 Å². The van der Waals surface area contributed by atoms with Crippen molar-refractivity contribution in [1.29, 1.82) is 0 Å². The summed E-state index contributed by atoms with van der Waals surface area (Å²) in [5.41, 5.74) is 4.20. The van der Waals surface area contributed by atoms with E-state index in [2.05, 4.69) is 55.8 Å². The Hall–Kier alpha value is -3.98. The number of nitrogens with zero attached hydrogens (tertiary/aromatic N) is 5. The van der Waals surface area contributed by atoms with Crippen LogP contribution in [0.4, 0.5) is 5.69 Å². The molecular weight excluding hydrogens is 434 g/mol. The predicted octanol–water partition coefficient (Wildman–Crippen LogP) is 3.87. The number of hydrazone groups is 1. The van der Waals surface area contributed by atoms with Gasteiger partial charge in [0.15, 0.2) is 11.0 Å². The van der Waals surface area contributed by atoms with Crippen molar-refractivity contribution in [2.24, 2.45) is 5.10 Å². The fourth-order valence-electron chi connectivity index (χ4n) is 3.21. The molecule has 0 radical (unpaired) electrons. The highest BCUT2D eigenvalue weighted by molar-refractivity contribution is 7.99. The zero-order valence-corrected chi connectivity index (χ0v) is 18.7. The molecule has 0 saturated heterocycles. The topological polar surface area (TPSA) is 97.1 Å². The lowest BCUT2D eigenvalue weighted by Gasteiger charge is -2.11. The Morgan fingerprint density at radius 1 is 1.09 bits per heavy atom. The summed E-state index contributed by atoms with van der Waals surface area (Å²) in [5.74, 6) is 0.681. The van der Waals surface area contributed by atoms with Crippen LogP contribution in [0.15, 0.2) is 89.8 Å². The number of carbonyl (C=O) groups excluding carboxylic acids is 1. The molecule has 166 valence electrons. The van der Waals surface area contributed by atoms with Crippen molar-refractivity contribution in [2.45, 2.75) is 18.2 Å². The quantitative estimate of drug-likeness (QED) is 0.162. The number of allylic oxidation sites excluding steroid dienone is 1. The second kappa shape index (κ2) is 11.1. The first-order valence-corrected chi connectivity index (χ1v) is 11.3. The first kappa shape index (κ1) is 22.2. The van der Waals surface area contributed by atoms with Crippen molar-refractivity contribution in [3.63, 3.8) is 0 Å². The van der Waals surface area contributed by atoms with Crippen LogP contribution >= 0.6 is 11.8 Å². The average molecular weight is 458 g/mol. The van der Waals surface area contributed by atoms with E-state index in [1.807, 2.05) is 41.0 Å². The number of pyridine rings is 1. The van der Waals surface area contributed by atoms with Gasteiger partial charge in [-0.3, -0.25) is 9.78 Å². The summed E-state index contributed by atoms with van der Waals surface area (Å²) in [6.45, 7) is 4.87. The van der Waals surface area contributed by atoms with Crippen LogP contribution in [-0.2, 0) is 17.9 Å². The number of anilines is 1. The monoisotopic (exact) mass is 457 g/mol. The number of hydrogen-bond acceptors (Lipinski definition) is 7. The molecule has 1 amide bonds. The largest absolute Gasteiger partial charge is 0.377 e. The van der Waals surface area contributed by atoms with Crippen molar-refractivity contribution in [3.8, 4) is 0 Å². The smallest absolute Gasteiger partial charge is 0.250 e. The highest BCUT2D eigenvalue weighted by atomic mass is 32.2. The van der Waals surface area contributed by atoms with E-state index in [1.54, 1.807) is 18.3 Å². The summed E-state index contributed by atoms with van der Waals surface area (Å²) >= 11 is 1.30. The van der Waals surface area contributed by atoms with Crippen LogP contribution in [0.3, 0.4) is 0 Å². The number of rotatable bonds is 10. The first-order valence-electron chi connectivity index (χ1n) is 10.3. The third kappa shape index (κ3) is 5.83. The van der Waals surface area contributed by atoms with E-state index >= 15 is 0 Å². The van der Waals surface area contributed by atoms with E-state index < -0.39 is 0 Å². The SMILES string of the molecule is C=CCn1c(CNc2cccc3ccccc23)nnc1SCC(=O)NN=Cc1ccccn1. The number of fused-ring (bicyclic) bond motifs is 1. The van der Waals surface area contributed by atoms with Gasteiger partial charge in [-0.1, -0.05) is 60.3 Å². The maximum Gasteiger partial charge on any atom is 0.250 e. The fourth-order valence-corrected chi connectivity index (χ4v) is 3.97. The van der Waals surface area contributed by atoms with Crippen molar-refractivity contribution < 1.29 is 4.79 Å². The third-order valence-electron chi connectivity index (χ3n) is 4.74. The molecular formula is C24H23N7OS. The van der Waals surface area contributed by atoms with Crippen molar-refractivity contribution >= 4 is 40.3 Å². The van der Waals surface area contributed by atoms with Gasteiger partial charge in [0.05, 0.1) is 24.2 Å². The molecule has 2 N–H and O–H groups in total. The number of benzene rings is 2. The Balaban J connectivity index is 1.37. The van der Waals surface area contributed by atoms with Crippen LogP contribution in [-0.4, -0.2) is 37.6 Å². The number of aromatic nitrogens is 4. The Bertz CT molecular complexity index is 1270. The van der Waals surface area contributed by atoms with Gasteiger partial charge >= 0.3 is 0 Å². The molecule has 0 atom stereocenters. The molecule has 0 fully saturated rings. The van der Waals surface area contributed by atoms with Gasteiger partial charge in [0.2, 0.25) is 0 Å². The Morgan fingerprint density at radius 2 is 1.94 bits per heavy atom. The first-order chi connectivity index (χ1) is 16.2. The molecule has 0 aliphatic heterocycles. The Kier molecular flexibility index (Phi) is 7.44. The van der Waals surface area contributed by atoms with Gasteiger partial charge in [0.1, 0.15) is 0 Å². The molecule has 0 spiro atoms. The van der Waals surface area contributed by atoms with Gasteiger partial charge in [0, 0.05) is 23.8 Å². The van der Waals surface area contributed by atoms with E-state index in [1.165, 1.54) is 23.4 Å². The summed E-state index contributed by atoms with van der Waals surface area (Å²) in [4.78, 5) is 16.3. The summed E-state index contributed by atoms with van der Waals surface area (Å²) in [6, 6.07) is 19.8. The van der Waals surface area contributed by atoms with Crippen molar-refractivity contribution in [1.82, 2.24) is 25.2 Å². The lowest BCUT2D eigenvalue weighted by molar-refractivity contribution is -0.118. The van der Waals surface area contributed by atoms with Gasteiger partial charge in [0.25, 0.3) is 5.91 Å². The molecule has 4 rings (SSSR count). The lowest BCUT2D eigenvalue weighted by atomic mass is 10.1. The zero-order valence-electron chi connectivity index (χ0n) is 17.9. The summed E-state index contributed by atoms with van der Waals surface area (Å²) in [6.07, 6.45) is 4.95. The number of thioether (sulfide) groups is 1. The van der Waals surface area contributed by atoms with E-state index in [4.69, 9.17) is 0 Å². The maximum absolute atomic E-state index is 12.2. The molecule has 0 unspecified atom stereocenters. The lowest BCUT2D eigenvalue weighted by Crippen LogP contribution is -2.20. The van der Waals surface area contributed by atoms with Gasteiger partial charge in [-0.15, -0.1) is 16.8 Å². The van der Waals surface area contributed by atoms with Crippen LogP contribution in [0.2, 0.25) is 0 Å². The minimum atomic E-state index is -0.240. The van der Waals surface area contributed by atoms with Crippen molar-refractivity contribution in [2.75, 3.05) is 11.1 Å². The standard InChI is InChI=1S/C24H23N7OS/c1-2-14-31-22(16-26-21-12-7-9-18-8-3-4-11-20(18)21)28-30-24(31)33-17-23(32)29-27-15-19-10-5-6-13-25-19/h2-13,15,26H,1,14,16-17H2,(H,29,32). The number of amides is 1. The van der Waals surface area contributed by atoms with E-state index in [0.717, 1.165) is 16.9 Å². The Labute approximate surface area is 195 Å². The molecule has 0 aliphatic rings. The maximum atomic E-state index is 12.2. The predicted molar refractivity (Wildman–Crippen MR) is 132 cm³/mol. The molecule has 9 heteroatoms. The van der Waals surface area contributed by atoms with E-state index in [-0.39, 0.29) is 11.7 Å². The number of carbonyl (C=O) groups is 1. The minimum Gasteiger partial charge on any atom is -0.377 e. The van der Waals surface area contributed by atoms with Gasteiger partial charge < -0.3 is 9.88 Å². The minimum absolute atomic E-state index is 0.158. The van der Waals surface area contributed by atoms with E-state index in [0.29, 0.717) is 23.9 Å². The summed E-state index contributed by atoms with van der Waals surface area (Å²) < 4.78 is 1.94. The number of nitrogens with one attached hydrogen (secondary N) is 2. The summed E-state index contributed by atoms with van der Waals surface area (Å²) in [5, 5.41) is 18.9. The van der Waals surface area contributed by atoms with Crippen LogP contribution < -0.4 is 10.7 Å². The highest BCUT2D eigenvalue weighted by Crippen LogP contribution is 2.24. The number of hydrogen-bond donors (Lipinski definition) is 2. The van der Waals surface area contributed by atoms with E-state index in [9.17, 15) is 4.79 Å². The van der Waals surface area contributed by atoms with Crippen LogP contribution in [0, 0.1) is 0 Å². The molecule has 4 aromatic rings. The summed E-state index contributed by atoms with van der Waals surface area (Å²) in [7, 11) is 0. The van der Waals surface area contributed by atoms with Crippen LogP contribution in [0.25, 0.3) is 10.8 Å². The molecule has 8 nitrogen and oxygen atoms in total.